The third-order valence-electron chi connectivity index (χ3n) is 2.84. The first-order chi connectivity index (χ1) is 8.61. The minimum absolute atomic E-state index is 0.0924. The quantitative estimate of drug-likeness (QED) is 0.695. The Morgan fingerprint density at radius 1 is 1.56 bits per heavy atom. The Labute approximate surface area is 108 Å². The molecule has 1 rings (SSSR count). The molecule has 0 radical (unpaired) electrons. The maximum atomic E-state index is 11.6. The fraction of sp³-hybridized carbons (Fsp3) is 0.750. The van der Waals surface area contributed by atoms with Crippen molar-refractivity contribution in [3.63, 3.8) is 0 Å². The molecule has 0 saturated carbocycles. The number of amides is 1. The molecule has 1 atom stereocenters. The number of hydrogen-bond acceptors (Lipinski definition) is 4. The van der Waals surface area contributed by atoms with E-state index in [1.165, 1.54) is 0 Å². The molecule has 1 heterocycles. The normalized spacial score (nSPS) is 12.4. The van der Waals surface area contributed by atoms with Crippen molar-refractivity contribution in [2.24, 2.45) is 18.7 Å². The number of carbonyl (C=O) groups is 1. The van der Waals surface area contributed by atoms with Crippen LogP contribution in [0.15, 0.2) is 6.33 Å². The molecule has 0 spiro atoms. The van der Waals surface area contributed by atoms with E-state index in [4.69, 9.17) is 5.73 Å². The Hall–Kier alpha value is -1.43. The van der Waals surface area contributed by atoms with Crippen LogP contribution in [0.5, 0.6) is 0 Å². The zero-order chi connectivity index (χ0) is 13.4. The largest absolute Gasteiger partial charge is 0.356 e. The van der Waals surface area contributed by atoms with Crippen molar-refractivity contribution in [3.8, 4) is 0 Å². The highest BCUT2D eigenvalue weighted by Gasteiger charge is 2.06. The van der Waals surface area contributed by atoms with Crippen molar-refractivity contribution in [1.82, 2.24) is 20.1 Å². The number of hydrogen-bond donors (Lipinski definition) is 2. The summed E-state index contributed by atoms with van der Waals surface area (Å²) in [5, 5.41) is 7.02. The van der Waals surface area contributed by atoms with E-state index in [2.05, 4.69) is 22.3 Å². The first-order valence-electron chi connectivity index (χ1n) is 6.43. The van der Waals surface area contributed by atoms with Gasteiger partial charge in [-0.1, -0.05) is 6.92 Å². The maximum Gasteiger partial charge on any atom is 0.220 e. The van der Waals surface area contributed by atoms with Gasteiger partial charge in [-0.3, -0.25) is 9.48 Å². The van der Waals surface area contributed by atoms with E-state index in [1.807, 2.05) is 7.05 Å². The number of rotatable bonds is 8. The summed E-state index contributed by atoms with van der Waals surface area (Å²) in [6, 6.07) is 0. The lowest BCUT2D eigenvalue weighted by Crippen LogP contribution is -2.26. The fourth-order valence-corrected chi connectivity index (χ4v) is 1.71. The molecule has 6 heteroatoms. The SMILES string of the molecule is CC(CCN)CCC(=O)NCCc1ncn(C)n1. The summed E-state index contributed by atoms with van der Waals surface area (Å²) >= 11 is 0. The van der Waals surface area contributed by atoms with Gasteiger partial charge >= 0.3 is 0 Å². The molecule has 18 heavy (non-hydrogen) atoms. The molecule has 1 amide bonds. The van der Waals surface area contributed by atoms with Crippen LogP contribution in [0.3, 0.4) is 0 Å². The highest BCUT2D eigenvalue weighted by molar-refractivity contribution is 5.75. The zero-order valence-corrected chi connectivity index (χ0v) is 11.2. The second kappa shape index (κ2) is 7.81. The Morgan fingerprint density at radius 3 is 2.94 bits per heavy atom. The minimum atomic E-state index is 0.0924. The van der Waals surface area contributed by atoms with E-state index in [-0.39, 0.29) is 5.91 Å². The fourth-order valence-electron chi connectivity index (χ4n) is 1.71. The molecule has 1 unspecified atom stereocenters. The van der Waals surface area contributed by atoms with E-state index >= 15 is 0 Å². The Kier molecular flexibility index (Phi) is 6.35. The van der Waals surface area contributed by atoms with Crippen molar-refractivity contribution < 1.29 is 4.79 Å². The Bertz CT molecular complexity index is 363. The molecule has 0 aromatic carbocycles. The molecule has 1 aromatic heterocycles. The van der Waals surface area contributed by atoms with Crippen molar-refractivity contribution in [3.05, 3.63) is 12.2 Å². The smallest absolute Gasteiger partial charge is 0.220 e. The predicted molar refractivity (Wildman–Crippen MR) is 69.8 cm³/mol. The zero-order valence-electron chi connectivity index (χ0n) is 11.2. The lowest BCUT2D eigenvalue weighted by Gasteiger charge is -2.09. The van der Waals surface area contributed by atoms with Gasteiger partial charge in [0.15, 0.2) is 5.82 Å². The molecule has 0 aliphatic rings. The van der Waals surface area contributed by atoms with Crippen LogP contribution < -0.4 is 11.1 Å². The Morgan fingerprint density at radius 2 is 2.33 bits per heavy atom. The van der Waals surface area contributed by atoms with Gasteiger partial charge in [0, 0.05) is 26.4 Å². The van der Waals surface area contributed by atoms with E-state index in [0.29, 0.717) is 31.8 Å². The van der Waals surface area contributed by atoms with Crippen LogP contribution in [-0.2, 0) is 18.3 Å². The molecular formula is C12H23N5O. The number of nitrogens with zero attached hydrogens (tertiary/aromatic N) is 3. The predicted octanol–water partition coefficient (Wildman–Crippen LogP) is 0.239. The van der Waals surface area contributed by atoms with Crippen LogP contribution in [-0.4, -0.2) is 33.8 Å². The van der Waals surface area contributed by atoms with Crippen LogP contribution in [0.25, 0.3) is 0 Å². The average molecular weight is 253 g/mol. The molecule has 1 aromatic rings. The highest BCUT2D eigenvalue weighted by Crippen LogP contribution is 2.08. The van der Waals surface area contributed by atoms with Gasteiger partial charge in [0.05, 0.1) is 0 Å². The van der Waals surface area contributed by atoms with Crippen molar-refractivity contribution in [1.29, 1.82) is 0 Å². The third-order valence-corrected chi connectivity index (χ3v) is 2.84. The average Bonchev–Trinajstić information content (AvgIpc) is 2.73. The number of aromatic nitrogens is 3. The van der Waals surface area contributed by atoms with Crippen LogP contribution in [0.4, 0.5) is 0 Å². The lowest BCUT2D eigenvalue weighted by molar-refractivity contribution is -0.121. The lowest BCUT2D eigenvalue weighted by atomic mass is 10.0. The molecular weight excluding hydrogens is 230 g/mol. The van der Waals surface area contributed by atoms with E-state index < -0.39 is 0 Å². The number of carbonyl (C=O) groups excluding carboxylic acids is 1. The Balaban J connectivity index is 2.10. The van der Waals surface area contributed by atoms with Gasteiger partial charge in [-0.25, -0.2) is 4.98 Å². The number of nitrogens with two attached hydrogens (primary N) is 1. The van der Waals surface area contributed by atoms with Crippen LogP contribution >= 0.6 is 0 Å². The van der Waals surface area contributed by atoms with Crippen molar-refractivity contribution >= 4 is 5.91 Å². The summed E-state index contributed by atoms with van der Waals surface area (Å²) in [5.74, 6) is 1.36. The van der Waals surface area contributed by atoms with Gasteiger partial charge in [0.2, 0.25) is 5.91 Å². The molecule has 0 aliphatic carbocycles. The van der Waals surface area contributed by atoms with E-state index in [9.17, 15) is 4.79 Å². The summed E-state index contributed by atoms with van der Waals surface area (Å²) in [4.78, 5) is 15.7. The van der Waals surface area contributed by atoms with Crippen molar-refractivity contribution in [2.45, 2.75) is 32.6 Å². The van der Waals surface area contributed by atoms with Crippen LogP contribution in [0, 0.1) is 5.92 Å². The molecule has 3 N–H and O–H groups in total. The summed E-state index contributed by atoms with van der Waals surface area (Å²) < 4.78 is 1.66. The topological polar surface area (TPSA) is 85.8 Å². The molecule has 0 bridgehead atoms. The van der Waals surface area contributed by atoms with Crippen LogP contribution in [0.1, 0.15) is 32.0 Å². The molecule has 0 aliphatic heterocycles. The first kappa shape index (κ1) is 14.6. The molecule has 102 valence electrons. The first-order valence-corrected chi connectivity index (χ1v) is 6.43. The molecule has 6 nitrogen and oxygen atoms in total. The van der Waals surface area contributed by atoms with Crippen molar-refractivity contribution in [2.75, 3.05) is 13.1 Å². The van der Waals surface area contributed by atoms with Gasteiger partial charge in [-0.15, -0.1) is 0 Å². The van der Waals surface area contributed by atoms with E-state index in [1.54, 1.807) is 11.0 Å². The van der Waals surface area contributed by atoms with Crippen LogP contribution in [0.2, 0.25) is 0 Å². The standard InChI is InChI=1S/C12H23N5O/c1-10(5-7-13)3-4-12(18)14-8-6-11-15-9-17(2)16-11/h9-10H,3-8,13H2,1-2H3,(H,14,18). The summed E-state index contributed by atoms with van der Waals surface area (Å²) in [6.45, 7) is 3.40. The minimum Gasteiger partial charge on any atom is -0.356 e. The highest BCUT2D eigenvalue weighted by atomic mass is 16.1. The second-order valence-corrected chi connectivity index (χ2v) is 4.66. The number of nitrogens with one attached hydrogen (secondary N) is 1. The monoisotopic (exact) mass is 253 g/mol. The van der Waals surface area contributed by atoms with E-state index in [0.717, 1.165) is 18.7 Å². The third kappa shape index (κ3) is 5.77. The number of aryl methyl sites for hydroxylation is 1. The van der Waals surface area contributed by atoms with Gasteiger partial charge in [0.25, 0.3) is 0 Å². The van der Waals surface area contributed by atoms with Gasteiger partial charge in [-0.05, 0) is 25.3 Å². The molecule has 0 saturated heterocycles. The molecule has 0 fully saturated rings. The summed E-state index contributed by atoms with van der Waals surface area (Å²) in [6.07, 6.45) is 4.77. The van der Waals surface area contributed by atoms with Gasteiger partial charge in [-0.2, -0.15) is 5.10 Å². The van der Waals surface area contributed by atoms with Gasteiger partial charge < -0.3 is 11.1 Å². The second-order valence-electron chi connectivity index (χ2n) is 4.66. The summed E-state index contributed by atoms with van der Waals surface area (Å²) in [5.41, 5.74) is 5.47. The maximum absolute atomic E-state index is 11.6. The summed E-state index contributed by atoms with van der Waals surface area (Å²) in [7, 11) is 1.83. The van der Waals surface area contributed by atoms with Gasteiger partial charge in [0.1, 0.15) is 6.33 Å².